The summed E-state index contributed by atoms with van der Waals surface area (Å²) in [4.78, 5) is 0. The molecule has 0 aromatic heterocycles. The number of nitrogens with two attached hydrogens (primary N) is 1. The fourth-order valence-corrected chi connectivity index (χ4v) is 3.07. The second-order valence-corrected chi connectivity index (χ2v) is 7.67. The van der Waals surface area contributed by atoms with Gasteiger partial charge in [0.1, 0.15) is 0 Å². The lowest BCUT2D eigenvalue weighted by molar-refractivity contribution is 0.576. The lowest BCUT2D eigenvalue weighted by atomic mass is 9.93. The quantitative estimate of drug-likeness (QED) is 0.861. The number of rotatable bonds is 6. The molecule has 2 N–H and O–H groups in total. The highest BCUT2D eigenvalue weighted by Gasteiger charge is 2.20. The Labute approximate surface area is 110 Å². The molecular weight excluding hydrogens is 246 g/mol. The Morgan fingerprint density at radius 3 is 2.33 bits per heavy atom. The summed E-state index contributed by atoms with van der Waals surface area (Å²) in [5.74, 6) is 0.334. The van der Waals surface area contributed by atoms with Gasteiger partial charge in [-0.05, 0) is 50.8 Å². The molecular formula is C14H23NO2S. The highest BCUT2D eigenvalue weighted by molar-refractivity contribution is 7.91. The number of benzene rings is 1. The van der Waals surface area contributed by atoms with Crippen LogP contribution in [-0.2, 0) is 9.84 Å². The van der Waals surface area contributed by atoms with E-state index in [-0.39, 0.29) is 16.9 Å². The zero-order valence-corrected chi connectivity index (χ0v) is 12.2. The van der Waals surface area contributed by atoms with Gasteiger partial charge in [-0.1, -0.05) is 24.3 Å². The predicted molar refractivity (Wildman–Crippen MR) is 76.5 cm³/mol. The first-order valence-electron chi connectivity index (χ1n) is 6.35. The molecule has 0 aliphatic rings. The van der Waals surface area contributed by atoms with Crippen LogP contribution in [0.15, 0.2) is 24.3 Å². The fourth-order valence-electron chi connectivity index (χ4n) is 1.99. The number of aryl methyl sites for hydroxylation is 1. The summed E-state index contributed by atoms with van der Waals surface area (Å²) in [5, 5.41) is -0.312. The van der Waals surface area contributed by atoms with E-state index in [1.54, 1.807) is 13.8 Å². The molecule has 4 heteroatoms. The van der Waals surface area contributed by atoms with E-state index in [0.717, 1.165) is 0 Å². The number of hydrogen-bond acceptors (Lipinski definition) is 3. The number of sulfone groups is 1. The Morgan fingerprint density at radius 1 is 1.22 bits per heavy atom. The molecule has 0 radical (unpaired) electrons. The van der Waals surface area contributed by atoms with Gasteiger partial charge in [0.15, 0.2) is 9.84 Å². The van der Waals surface area contributed by atoms with E-state index >= 15 is 0 Å². The summed E-state index contributed by atoms with van der Waals surface area (Å²) in [7, 11) is -2.98. The molecule has 1 aromatic carbocycles. The van der Waals surface area contributed by atoms with Gasteiger partial charge in [-0.3, -0.25) is 0 Å². The Balaban J connectivity index is 2.79. The molecule has 0 saturated heterocycles. The van der Waals surface area contributed by atoms with Crippen molar-refractivity contribution in [3.8, 4) is 0 Å². The minimum Gasteiger partial charge on any atom is -0.330 e. The fraction of sp³-hybridized carbons (Fsp3) is 0.571. The SMILES string of the molecule is Cc1ccccc1C(CN)CCS(=O)(=O)C(C)C. The number of hydrogen-bond donors (Lipinski definition) is 1. The van der Waals surface area contributed by atoms with Crippen molar-refractivity contribution < 1.29 is 8.42 Å². The molecule has 0 bridgehead atoms. The first-order chi connectivity index (χ1) is 8.38. The van der Waals surface area contributed by atoms with Crippen LogP contribution < -0.4 is 5.73 Å². The molecule has 0 spiro atoms. The molecule has 1 rings (SSSR count). The molecule has 0 aliphatic heterocycles. The topological polar surface area (TPSA) is 60.2 Å². The van der Waals surface area contributed by atoms with Crippen molar-refractivity contribution in [1.82, 2.24) is 0 Å². The second kappa shape index (κ2) is 6.34. The molecule has 3 nitrogen and oxygen atoms in total. The van der Waals surface area contributed by atoms with Crippen molar-refractivity contribution in [3.63, 3.8) is 0 Å². The standard InChI is InChI=1S/C14H23NO2S/c1-11(2)18(16,17)9-8-13(10-15)14-7-5-4-6-12(14)3/h4-7,11,13H,8-10,15H2,1-3H3. The molecule has 1 aromatic rings. The summed E-state index contributed by atoms with van der Waals surface area (Å²) in [5.41, 5.74) is 8.13. The van der Waals surface area contributed by atoms with E-state index in [2.05, 4.69) is 0 Å². The highest BCUT2D eigenvalue weighted by atomic mass is 32.2. The van der Waals surface area contributed by atoms with Gasteiger partial charge in [0, 0.05) is 0 Å². The van der Waals surface area contributed by atoms with E-state index in [0.29, 0.717) is 13.0 Å². The van der Waals surface area contributed by atoms with Gasteiger partial charge in [-0.2, -0.15) is 0 Å². The summed E-state index contributed by atoms with van der Waals surface area (Å²) in [6.45, 7) is 5.97. The lowest BCUT2D eigenvalue weighted by Crippen LogP contribution is -2.22. The van der Waals surface area contributed by atoms with Gasteiger partial charge in [0.2, 0.25) is 0 Å². The average Bonchev–Trinajstić information content (AvgIpc) is 2.31. The molecule has 1 atom stereocenters. The van der Waals surface area contributed by atoms with Crippen molar-refractivity contribution in [3.05, 3.63) is 35.4 Å². The summed E-state index contributed by atoms with van der Waals surface area (Å²) in [6, 6.07) is 8.03. The lowest BCUT2D eigenvalue weighted by Gasteiger charge is -2.18. The van der Waals surface area contributed by atoms with Gasteiger partial charge in [0.25, 0.3) is 0 Å². The van der Waals surface area contributed by atoms with Crippen LogP contribution in [0.5, 0.6) is 0 Å². The van der Waals surface area contributed by atoms with Crippen molar-refractivity contribution in [1.29, 1.82) is 0 Å². The van der Waals surface area contributed by atoms with Crippen LogP contribution >= 0.6 is 0 Å². The minimum absolute atomic E-state index is 0.125. The molecule has 0 aliphatic carbocycles. The molecule has 1 unspecified atom stereocenters. The van der Waals surface area contributed by atoms with Gasteiger partial charge in [-0.25, -0.2) is 8.42 Å². The van der Waals surface area contributed by atoms with Crippen LogP contribution in [0.4, 0.5) is 0 Å². The van der Waals surface area contributed by atoms with Crippen LogP contribution in [0, 0.1) is 6.92 Å². The smallest absolute Gasteiger partial charge is 0.152 e. The van der Waals surface area contributed by atoms with Crippen molar-refractivity contribution in [2.45, 2.75) is 38.4 Å². The van der Waals surface area contributed by atoms with Gasteiger partial charge in [0.05, 0.1) is 11.0 Å². The van der Waals surface area contributed by atoms with E-state index < -0.39 is 9.84 Å². The van der Waals surface area contributed by atoms with Crippen LogP contribution in [0.25, 0.3) is 0 Å². The maximum atomic E-state index is 11.8. The molecule has 0 saturated carbocycles. The average molecular weight is 269 g/mol. The largest absolute Gasteiger partial charge is 0.330 e. The van der Waals surface area contributed by atoms with Crippen LogP contribution in [0.2, 0.25) is 0 Å². The van der Waals surface area contributed by atoms with Crippen LogP contribution in [0.1, 0.15) is 37.3 Å². The van der Waals surface area contributed by atoms with Gasteiger partial charge in [-0.15, -0.1) is 0 Å². The van der Waals surface area contributed by atoms with Crippen LogP contribution in [-0.4, -0.2) is 26.0 Å². The zero-order chi connectivity index (χ0) is 13.8. The Kier molecular flexibility index (Phi) is 5.35. The van der Waals surface area contributed by atoms with Gasteiger partial charge >= 0.3 is 0 Å². The predicted octanol–water partition coefficient (Wildman–Crippen LogP) is 2.25. The van der Waals surface area contributed by atoms with Crippen molar-refractivity contribution in [2.75, 3.05) is 12.3 Å². The summed E-state index contributed by atoms with van der Waals surface area (Å²) >= 11 is 0. The normalized spacial score (nSPS) is 13.8. The first-order valence-corrected chi connectivity index (χ1v) is 8.07. The zero-order valence-electron chi connectivity index (χ0n) is 11.4. The maximum Gasteiger partial charge on any atom is 0.152 e. The first kappa shape index (κ1) is 15.2. The molecule has 0 amide bonds. The van der Waals surface area contributed by atoms with Crippen molar-refractivity contribution >= 4 is 9.84 Å². The Hall–Kier alpha value is -0.870. The highest BCUT2D eigenvalue weighted by Crippen LogP contribution is 2.23. The Morgan fingerprint density at radius 2 is 1.83 bits per heavy atom. The van der Waals surface area contributed by atoms with E-state index in [1.165, 1.54) is 11.1 Å². The minimum atomic E-state index is -2.98. The summed E-state index contributed by atoms with van der Waals surface area (Å²) in [6.07, 6.45) is 0.599. The van der Waals surface area contributed by atoms with E-state index in [4.69, 9.17) is 5.73 Å². The monoisotopic (exact) mass is 269 g/mol. The van der Waals surface area contributed by atoms with E-state index in [9.17, 15) is 8.42 Å². The van der Waals surface area contributed by atoms with Gasteiger partial charge < -0.3 is 5.73 Å². The maximum absolute atomic E-state index is 11.8. The second-order valence-electron chi connectivity index (χ2n) is 4.99. The van der Waals surface area contributed by atoms with E-state index in [1.807, 2.05) is 31.2 Å². The molecule has 0 heterocycles. The molecule has 102 valence electrons. The summed E-state index contributed by atoms with van der Waals surface area (Å²) < 4.78 is 23.7. The van der Waals surface area contributed by atoms with Crippen molar-refractivity contribution in [2.24, 2.45) is 5.73 Å². The molecule has 18 heavy (non-hydrogen) atoms. The Bertz CT molecular complexity index is 480. The van der Waals surface area contributed by atoms with Crippen LogP contribution in [0.3, 0.4) is 0 Å². The third-order valence-corrected chi connectivity index (χ3v) is 5.62. The third kappa shape index (κ3) is 3.82. The third-order valence-electron chi connectivity index (χ3n) is 3.38. The molecule has 0 fully saturated rings.